The summed E-state index contributed by atoms with van der Waals surface area (Å²) in [4.78, 5) is 23.7. The first-order valence-corrected chi connectivity index (χ1v) is 9.95. The van der Waals surface area contributed by atoms with Crippen LogP contribution in [-0.4, -0.2) is 37.0 Å². The monoisotopic (exact) mass is 437 g/mol. The van der Waals surface area contributed by atoms with Crippen LogP contribution in [0.2, 0.25) is 10.0 Å². The van der Waals surface area contributed by atoms with Crippen LogP contribution in [0.4, 0.5) is 0 Å². The van der Waals surface area contributed by atoms with Crippen molar-refractivity contribution in [2.75, 3.05) is 6.54 Å². The van der Waals surface area contributed by atoms with Crippen molar-refractivity contribution in [2.45, 2.75) is 38.9 Å². The van der Waals surface area contributed by atoms with Gasteiger partial charge in [-0.3, -0.25) is 4.79 Å². The highest BCUT2D eigenvalue weighted by Gasteiger charge is 2.26. The van der Waals surface area contributed by atoms with E-state index in [1.807, 2.05) is 6.07 Å². The summed E-state index contributed by atoms with van der Waals surface area (Å²) in [6.45, 7) is 4.50. The molecule has 2 rings (SSSR count). The lowest BCUT2D eigenvalue weighted by Crippen LogP contribution is -2.41. The topological polar surface area (TPSA) is 106 Å². The fourth-order valence-corrected chi connectivity index (χ4v) is 3.19. The lowest BCUT2D eigenvalue weighted by Gasteiger charge is -2.19. The molecule has 0 spiro atoms. The lowest BCUT2D eigenvalue weighted by molar-refractivity contribution is -0.117. The second kappa shape index (κ2) is 11.0. The average molecular weight is 438 g/mol. The number of rotatable bonds is 9. The predicted molar refractivity (Wildman–Crippen MR) is 116 cm³/mol. The molecular weight excluding hydrogens is 413 g/mol. The molecule has 7 nitrogen and oxygen atoms in total. The molecule has 1 aliphatic rings. The molecule has 0 bridgehead atoms. The van der Waals surface area contributed by atoms with Crippen LogP contribution in [-0.2, 0) is 16.1 Å². The highest BCUT2D eigenvalue weighted by Crippen LogP contribution is 2.22. The smallest absolute Gasteiger partial charge is 0.273 e. The van der Waals surface area contributed by atoms with E-state index in [-0.39, 0.29) is 18.0 Å². The Balaban J connectivity index is 2.01. The molecule has 2 unspecified atom stereocenters. The van der Waals surface area contributed by atoms with Gasteiger partial charge in [0.2, 0.25) is 0 Å². The second-order valence-corrected chi connectivity index (χ2v) is 7.50. The van der Waals surface area contributed by atoms with Gasteiger partial charge >= 0.3 is 0 Å². The summed E-state index contributed by atoms with van der Waals surface area (Å²) < 4.78 is 0. The van der Waals surface area contributed by atoms with Crippen LogP contribution in [0.5, 0.6) is 0 Å². The summed E-state index contributed by atoms with van der Waals surface area (Å²) in [5.41, 5.74) is 1.71. The normalized spacial score (nSPS) is 19.9. The summed E-state index contributed by atoms with van der Waals surface area (Å²) >= 11 is 12.0. The van der Waals surface area contributed by atoms with Gasteiger partial charge in [-0.25, -0.2) is 0 Å². The number of amides is 1. The number of allylic oxidation sites excluding steroid dienone is 2. The molecule has 1 aromatic carbocycles. The number of hydrogen-bond donors (Lipinski definition) is 5. The molecule has 1 saturated heterocycles. The van der Waals surface area contributed by atoms with E-state index in [9.17, 15) is 9.59 Å². The third-order valence-corrected chi connectivity index (χ3v) is 5.26. The summed E-state index contributed by atoms with van der Waals surface area (Å²) in [6, 6.07) is 5.03. The minimum Gasteiger partial charge on any atom is -0.376 e. The molecule has 1 aliphatic heterocycles. The van der Waals surface area contributed by atoms with Gasteiger partial charge in [0.25, 0.3) is 5.91 Å². The largest absolute Gasteiger partial charge is 0.376 e. The molecule has 0 aliphatic carbocycles. The van der Waals surface area contributed by atoms with Crippen molar-refractivity contribution >= 4 is 41.6 Å². The molecule has 1 aromatic rings. The Bertz CT molecular complexity index is 838. The van der Waals surface area contributed by atoms with Crippen molar-refractivity contribution < 1.29 is 9.59 Å². The number of aldehydes is 1. The number of nitrogens with one attached hydrogen (secondary N) is 5. The zero-order chi connectivity index (χ0) is 21.4. The van der Waals surface area contributed by atoms with E-state index < -0.39 is 0 Å². The first-order chi connectivity index (χ1) is 13.9. The minimum atomic E-state index is -0.365. The van der Waals surface area contributed by atoms with Gasteiger partial charge in [0.1, 0.15) is 17.8 Å². The van der Waals surface area contributed by atoms with Crippen molar-refractivity contribution in [3.05, 3.63) is 57.0 Å². The Labute approximate surface area is 180 Å². The fourth-order valence-electron chi connectivity index (χ4n) is 2.87. The van der Waals surface area contributed by atoms with Crippen LogP contribution >= 0.6 is 23.2 Å². The molecule has 5 N–H and O–H groups in total. The number of carbonyl (C=O) groups is 2. The van der Waals surface area contributed by atoms with Gasteiger partial charge < -0.3 is 31.5 Å². The van der Waals surface area contributed by atoms with Crippen molar-refractivity contribution in [3.63, 3.8) is 0 Å². The van der Waals surface area contributed by atoms with Gasteiger partial charge in [0.15, 0.2) is 0 Å². The first kappa shape index (κ1) is 22.9. The molecule has 29 heavy (non-hydrogen) atoms. The molecule has 1 fully saturated rings. The maximum absolute atomic E-state index is 12.8. The van der Waals surface area contributed by atoms with Crippen molar-refractivity contribution in [1.29, 1.82) is 5.41 Å². The average Bonchev–Trinajstić information content (AvgIpc) is 3.18. The van der Waals surface area contributed by atoms with E-state index in [0.29, 0.717) is 46.6 Å². The van der Waals surface area contributed by atoms with Gasteiger partial charge in [-0.05, 0) is 49.6 Å². The third kappa shape index (κ3) is 6.59. The Morgan fingerprint density at radius 1 is 1.34 bits per heavy atom. The van der Waals surface area contributed by atoms with Crippen LogP contribution in [0.25, 0.3) is 0 Å². The van der Waals surface area contributed by atoms with Crippen LogP contribution < -0.4 is 21.3 Å². The molecule has 0 aromatic heterocycles. The molecule has 2 atom stereocenters. The number of hydrogen-bond acceptors (Lipinski definition) is 6. The summed E-state index contributed by atoms with van der Waals surface area (Å²) in [6.07, 6.45) is 4.31. The summed E-state index contributed by atoms with van der Waals surface area (Å²) in [5.74, 6) is 0.156. The zero-order valence-electron chi connectivity index (χ0n) is 16.3. The van der Waals surface area contributed by atoms with Crippen molar-refractivity contribution in [3.8, 4) is 0 Å². The van der Waals surface area contributed by atoms with Gasteiger partial charge in [-0.15, -0.1) is 0 Å². The first-order valence-electron chi connectivity index (χ1n) is 9.20. The van der Waals surface area contributed by atoms with E-state index in [1.165, 1.54) is 0 Å². The SMILES string of the molecule is C/C=C(\NCc1ccc(Cl)c(Cl)c1)NC(=O)/C(NC1CNC(C=O)C1)=C(\C)C=N. The maximum atomic E-state index is 12.8. The van der Waals surface area contributed by atoms with Gasteiger partial charge in [-0.2, -0.15) is 0 Å². The molecule has 0 radical (unpaired) electrons. The van der Waals surface area contributed by atoms with Gasteiger partial charge in [-0.1, -0.05) is 29.3 Å². The Kier molecular flexibility index (Phi) is 8.70. The maximum Gasteiger partial charge on any atom is 0.273 e. The van der Waals surface area contributed by atoms with E-state index in [4.69, 9.17) is 28.6 Å². The van der Waals surface area contributed by atoms with E-state index >= 15 is 0 Å². The number of halogens is 2. The molecular formula is C20H25Cl2N5O2. The van der Waals surface area contributed by atoms with Gasteiger partial charge in [0.05, 0.1) is 16.1 Å². The Hall–Kier alpha value is -2.35. The van der Waals surface area contributed by atoms with Crippen LogP contribution in [0.15, 0.2) is 41.4 Å². The van der Waals surface area contributed by atoms with E-state index in [2.05, 4.69) is 21.3 Å². The van der Waals surface area contributed by atoms with Crippen LogP contribution in [0.1, 0.15) is 25.8 Å². The minimum absolute atomic E-state index is 0.0703. The summed E-state index contributed by atoms with van der Waals surface area (Å²) in [7, 11) is 0. The number of carbonyl (C=O) groups excluding carboxylic acids is 2. The van der Waals surface area contributed by atoms with Gasteiger partial charge in [0, 0.05) is 25.3 Å². The molecule has 1 amide bonds. The highest BCUT2D eigenvalue weighted by molar-refractivity contribution is 6.42. The van der Waals surface area contributed by atoms with Crippen LogP contribution in [0.3, 0.4) is 0 Å². The fraction of sp³-hybridized carbons (Fsp3) is 0.350. The Morgan fingerprint density at radius 3 is 2.69 bits per heavy atom. The Morgan fingerprint density at radius 2 is 2.10 bits per heavy atom. The van der Waals surface area contributed by atoms with Crippen molar-refractivity contribution in [1.82, 2.24) is 21.3 Å². The molecule has 9 heteroatoms. The molecule has 0 saturated carbocycles. The highest BCUT2D eigenvalue weighted by atomic mass is 35.5. The van der Waals surface area contributed by atoms with Crippen molar-refractivity contribution in [2.24, 2.45) is 0 Å². The van der Waals surface area contributed by atoms with E-state index in [1.54, 1.807) is 32.1 Å². The second-order valence-electron chi connectivity index (χ2n) is 6.69. The molecule has 1 heterocycles. The predicted octanol–water partition coefficient (Wildman–Crippen LogP) is 2.50. The third-order valence-electron chi connectivity index (χ3n) is 4.52. The standard InChI is InChI=1S/C20H25Cl2N5O2/c1-3-18(25-9-13-4-5-16(21)17(22)6-13)27-20(29)19(12(2)8-23)26-14-7-15(11-28)24-10-14/h3-6,8,11,14-15,23-26H,7,9-10H2,1-2H3,(H,27,29)/b18-3+,19-12-,23-8?. The van der Waals surface area contributed by atoms with Crippen LogP contribution in [0, 0.1) is 5.41 Å². The number of benzene rings is 1. The quantitative estimate of drug-likeness (QED) is 0.232. The lowest BCUT2D eigenvalue weighted by atomic mass is 10.1. The summed E-state index contributed by atoms with van der Waals surface area (Å²) in [5, 5.41) is 20.6. The van der Waals surface area contributed by atoms with E-state index in [0.717, 1.165) is 18.1 Å². The molecule has 156 valence electrons. The zero-order valence-corrected chi connectivity index (χ0v) is 17.8.